The number of aromatic nitrogens is 2. The average Bonchev–Trinajstić information content (AvgIpc) is 2.59. The lowest BCUT2D eigenvalue weighted by Crippen LogP contribution is -2.06. The van der Waals surface area contributed by atoms with E-state index < -0.39 is 11.7 Å². The molecule has 1 aromatic heterocycles. The Morgan fingerprint density at radius 1 is 0.923 bits per heavy atom. The van der Waals surface area contributed by atoms with E-state index in [2.05, 4.69) is 20.6 Å². The third-order valence-electron chi connectivity index (χ3n) is 3.30. The van der Waals surface area contributed by atoms with E-state index in [1.54, 1.807) is 0 Å². The Morgan fingerprint density at radius 3 is 2.35 bits per heavy atom. The molecular weight excluding hydrogens is 372 g/mol. The Balaban J connectivity index is 1.83. The lowest BCUT2D eigenvalue weighted by atomic mass is 10.2. The number of nitrogens with one attached hydrogen (secondary N) is 2. The normalized spacial score (nSPS) is 11.3. The van der Waals surface area contributed by atoms with Gasteiger partial charge in [-0.15, -0.1) is 0 Å². The van der Waals surface area contributed by atoms with Crippen molar-refractivity contribution in [2.75, 3.05) is 10.6 Å². The SMILES string of the molecule is Fc1ccc(Nc2ncc(Cl)c(Nc3cccc(C(F)(F)F)c3)n2)cc1. The van der Waals surface area contributed by atoms with Crippen molar-refractivity contribution in [1.82, 2.24) is 9.97 Å². The van der Waals surface area contributed by atoms with Crippen LogP contribution in [0.15, 0.2) is 54.7 Å². The minimum atomic E-state index is -4.46. The Labute approximate surface area is 150 Å². The molecule has 0 bridgehead atoms. The topological polar surface area (TPSA) is 49.8 Å². The fourth-order valence-corrected chi connectivity index (χ4v) is 2.23. The summed E-state index contributed by atoms with van der Waals surface area (Å²) in [4.78, 5) is 8.12. The van der Waals surface area contributed by atoms with Crippen LogP contribution in [0.4, 0.5) is 40.7 Å². The molecule has 0 atom stereocenters. The Bertz CT molecular complexity index is 913. The van der Waals surface area contributed by atoms with Gasteiger partial charge >= 0.3 is 6.18 Å². The largest absolute Gasteiger partial charge is 0.416 e. The van der Waals surface area contributed by atoms with Gasteiger partial charge in [0.25, 0.3) is 0 Å². The summed E-state index contributed by atoms with van der Waals surface area (Å²) >= 11 is 6.01. The number of nitrogens with zero attached hydrogens (tertiary/aromatic N) is 2. The fraction of sp³-hybridized carbons (Fsp3) is 0.0588. The van der Waals surface area contributed by atoms with Crippen molar-refractivity contribution in [2.45, 2.75) is 6.18 Å². The molecule has 2 N–H and O–H groups in total. The molecule has 0 unspecified atom stereocenters. The van der Waals surface area contributed by atoms with Crippen LogP contribution in [0.1, 0.15) is 5.56 Å². The maximum atomic E-state index is 12.9. The fourth-order valence-electron chi connectivity index (χ4n) is 2.09. The van der Waals surface area contributed by atoms with Gasteiger partial charge in [0.1, 0.15) is 10.8 Å². The first-order valence-electron chi connectivity index (χ1n) is 7.31. The summed E-state index contributed by atoms with van der Waals surface area (Å²) < 4.78 is 51.3. The van der Waals surface area contributed by atoms with Gasteiger partial charge in [0.2, 0.25) is 5.95 Å². The maximum Gasteiger partial charge on any atom is 0.416 e. The van der Waals surface area contributed by atoms with E-state index in [-0.39, 0.29) is 28.3 Å². The average molecular weight is 383 g/mol. The number of anilines is 4. The zero-order valence-electron chi connectivity index (χ0n) is 13.0. The molecule has 3 aromatic rings. The molecule has 3 rings (SSSR count). The van der Waals surface area contributed by atoms with E-state index in [0.717, 1.165) is 12.1 Å². The molecule has 0 fully saturated rings. The minimum Gasteiger partial charge on any atom is -0.339 e. The number of hydrogen-bond acceptors (Lipinski definition) is 4. The van der Waals surface area contributed by atoms with Crippen LogP contribution in [0.3, 0.4) is 0 Å². The molecule has 0 saturated carbocycles. The molecule has 1 heterocycles. The van der Waals surface area contributed by atoms with Crippen molar-refractivity contribution >= 4 is 34.7 Å². The lowest BCUT2D eigenvalue weighted by molar-refractivity contribution is -0.137. The first-order chi connectivity index (χ1) is 12.3. The van der Waals surface area contributed by atoms with Gasteiger partial charge in [-0.1, -0.05) is 17.7 Å². The number of benzene rings is 2. The minimum absolute atomic E-state index is 0.130. The van der Waals surface area contributed by atoms with Gasteiger partial charge in [0.15, 0.2) is 5.82 Å². The molecule has 2 aromatic carbocycles. The highest BCUT2D eigenvalue weighted by molar-refractivity contribution is 6.32. The van der Waals surface area contributed by atoms with Crippen molar-refractivity contribution in [3.63, 3.8) is 0 Å². The van der Waals surface area contributed by atoms with Crippen LogP contribution < -0.4 is 10.6 Å². The predicted octanol–water partition coefficient (Wildman–Crippen LogP) is 5.78. The molecule has 0 spiro atoms. The van der Waals surface area contributed by atoms with Crippen molar-refractivity contribution in [3.8, 4) is 0 Å². The van der Waals surface area contributed by atoms with E-state index in [9.17, 15) is 17.6 Å². The van der Waals surface area contributed by atoms with Crippen molar-refractivity contribution < 1.29 is 17.6 Å². The molecule has 0 saturated heterocycles. The van der Waals surface area contributed by atoms with Gasteiger partial charge in [-0.3, -0.25) is 0 Å². The van der Waals surface area contributed by atoms with Crippen LogP contribution in [0.5, 0.6) is 0 Å². The monoisotopic (exact) mass is 382 g/mol. The summed E-state index contributed by atoms with van der Waals surface area (Å²) in [6.07, 6.45) is -3.15. The summed E-state index contributed by atoms with van der Waals surface area (Å²) in [6, 6.07) is 10.2. The summed E-state index contributed by atoms with van der Waals surface area (Å²) in [6.45, 7) is 0. The molecule has 0 aliphatic rings. The lowest BCUT2D eigenvalue weighted by Gasteiger charge is -2.12. The number of halogens is 5. The molecular formula is C17H11ClF4N4. The highest BCUT2D eigenvalue weighted by Gasteiger charge is 2.30. The molecule has 0 amide bonds. The standard InChI is InChI=1S/C17H11ClF4N4/c18-14-9-23-16(25-12-6-4-11(19)5-7-12)26-15(14)24-13-3-1-2-10(8-13)17(20,21)22/h1-9H,(H2,23,24,25,26). The van der Waals surface area contributed by atoms with Crippen LogP contribution in [-0.4, -0.2) is 9.97 Å². The summed E-state index contributed by atoms with van der Waals surface area (Å²) in [5.41, 5.74) is -0.0794. The molecule has 0 radical (unpaired) electrons. The second-order valence-electron chi connectivity index (χ2n) is 5.23. The van der Waals surface area contributed by atoms with E-state index >= 15 is 0 Å². The first-order valence-corrected chi connectivity index (χ1v) is 7.68. The third-order valence-corrected chi connectivity index (χ3v) is 3.57. The van der Waals surface area contributed by atoms with E-state index in [1.165, 1.54) is 42.6 Å². The van der Waals surface area contributed by atoms with Crippen LogP contribution in [0.2, 0.25) is 5.02 Å². The molecule has 0 aliphatic heterocycles. The van der Waals surface area contributed by atoms with Gasteiger partial charge in [-0.2, -0.15) is 18.2 Å². The van der Waals surface area contributed by atoms with Gasteiger partial charge in [-0.25, -0.2) is 9.37 Å². The Morgan fingerprint density at radius 2 is 1.65 bits per heavy atom. The van der Waals surface area contributed by atoms with Crippen LogP contribution >= 0.6 is 11.6 Å². The van der Waals surface area contributed by atoms with Crippen molar-refractivity contribution in [1.29, 1.82) is 0 Å². The number of alkyl halides is 3. The van der Waals surface area contributed by atoms with E-state index in [0.29, 0.717) is 5.69 Å². The maximum absolute atomic E-state index is 12.9. The van der Waals surface area contributed by atoms with Gasteiger partial charge in [-0.05, 0) is 42.5 Å². The first kappa shape index (κ1) is 17.9. The zero-order chi connectivity index (χ0) is 18.7. The second-order valence-corrected chi connectivity index (χ2v) is 5.63. The Kier molecular flexibility index (Phi) is 4.94. The van der Waals surface area contributed by atoms with Crippen LogP contribution in [0.25, 0.3) is 0 Å². The van der Waals surface area contributed by atoms with Gasteiger partial charge < -0.3 is 10.6 Å². The van der Waals surface area contributed by atoms with Crippen molar-refractivity contribution in [3.05, 3.63) is 71.1 Å². The smallest absolute Gasteiger partial charge is 0.339 e. The van der Waals surface area contributed by atoms with Gasteiger partial charge in [0, 0.05) is 11.4 Å². The number of hydrogen-bond donors (Lipinski definition) is 2. The molecule has 9 heteroatoms. The third kappa shape index (κ3) is 4.40. The molecule has 134 valence electrons. The summed E-state index contributed by atoms with van der Waals surface area (Å²) in [5.74, 6) is -0.111. The Hall–Kier alpha value is -2.87. The molecule has 4 nitrogen and oxygen atoms in total. The van der Waals surface area contributed by atoms with Crippen LogP contribution in [-0.2, 0) is 6.18 Å². The molecule has 0 aliphatic carbocycles. The summed E-state index contributed by atoms with van der Waals surface area (Å²) in [5, 5.41) is 5.72. The second kappa shape index (κ2) is 7.17. The quantitative estimate of drug-likeness (QED) is 0.562. The predicted molar refractivity (Wildman–Crippen MR) is 91.5 cm³/mol. The summed E-state index contributed by atoms with van der Waals surface area (Å²) in [7, 11) is 0. The number of rotatable bonds is 4. The van der Waals surface area contributed by atoms with Crippen molar-refractivity contribution in [2.24, 2.45) is 0 Å². The van der Waals surface area contributed by atoms with Gasteiger partial charge in [0.05, 0.1) is 11.8 Å². The zero-order valence-corrected chi connectivity index (χ0v) is 13.7. The highest BCUT2D eigenvalue weighted by atomic mass is 35.5. The highest BCUT2D eigenvalue weighted by Crippen LogP contribution is 2.32. The van der Waals surface area contributed by atoms with Crippen LogP contribution in [0, 0.1) is 5.82 Å². The van der Waals surface area contributed by atoms with E-state index in [1.807, 2.05) is 0 Å². The van der Waals surface area contributed by atoms with E-state index in [4.69, 9.17) is 11.6 Å². The molecule has 26 heavy (non-hydrogen) atoms.